The van der Waals surface area contributed by atoms with Gasteiger partial charge in [0.05, 0.1) is 0 Å². The highest BCUT2D eigenvalue weighted by atomic mass is 127. The highest BCUT2D eigenvalue weighted by molar-refractivity contribution is 14.0. The number of nitrogens with one attached hydrogen (secondary N) is 2. The minimum Gasteiger partial charge on any atom is -0.357 e. The van der Waals surface area contributed by atoms with Crippen molar-refractivity contribution in [3.05, 3.63) is 29.6 Å². The average molecular weight is 444 g/mol. The monoisotopic (exact) mass is 444 g/mol. The van der Waals surface area contributed by atoms with Crippen molar-refractivity contribution in [3.63, 3.8) is 0 Å². The van der Waals surface area contributed by atoms with E-state index in [1.54, 1.807) is 0 Å². The number of aromatic nitrogens is 1. The molecule has 0 aliphatic heterocycles. The van der Waals surface area contributed by atoms with E-state index in [0.29, 0.717) is 6.04 Å². The van der Waals surface area contributed by atoms with Gasteiger partial charge in [-0.1, -0.05) is 19.9 Å². The summed E-state index contributed by atoms with van der Waals surface area (Å²) < 4.78 is 0. The Kier molecular flexibility index (Phi) is 9.63. The molecule has 136 valence electrons. The number of aryl methyl sites for hydroxylation is 1. The van der Waals surface area contributed by atoms with Crippen molar-refractivity contribution in [1.82, 2.24) is 15.6 Å². The first kappa shape index (κ1) is 21.2. The van der Waals surface area contributed by atoms with Crippen molar-refractivity contribution in [2.45, 2.75) is 59.4 Å². The molecule has 2 N–H and O–H groups in total. The first-order valence-electron chi connectivity index (χ1n) is 9.03. The van der Waals surface area contributed by atoms with Crippen molar-refractivity contribution in [2.24, 2.45) is 16.8 Å². The molecule has 1 aromatic heterocycles. The molecular formula is C19H33IN4. The van der Waals surface area contributed by atoms with Gasteiger partial charge in [0.2, 0.25) is 0 Å². The molecule has 0 saturated heterocycles. The number of nitrogens with zero attached hydrogens (tertiary/aromatic N) is 2. The molecule has 0 spiro atoms. The van der Waals surface area contributed by atoms with E-state index in [1.807, 2.05) is 13.1 Å². The first-order chi connectivity index (χ1) is 11.1. The van der Waals surface area contributed by atoms with E-state index < -0.39 is 0 Å². The van der Waals surface area contributed by atoms with Crippen molar-refractivity contribution < 1.29 is 0 Å². The molecular weight excluding hydrogens is 411 g/mol. The van der Waals surface area contributed by atoms with Gasteiger partial charge in [-0.3, -0.25) is 9.98 Å². The Morgan fingerprint density at radius 1 is 1.21 bits per heavy atom. The van der Waals surface area contributed by atoms with Gasteiger partial charge >= 0.3 is 0 Å². The molecule has 1 heterocycles. The molecule has 2 atom stereocenters. The van der Waals surface area contributed by atoms with Crippen LogP contribution < -0.4 is 10.6 Å². The Hall–Kier alpha value is -0.850. The minimum absolute atomic E-state index is 0. The summed E-state index contributed by atoms with van der Waals surface area (Å²) in [4.78, 5) is 9.09. The molecule has 1 aliphatic carbocycles. The second-order valence-corrected chi connectivity index (χ2v) is 7.08. The maximum atomic E-state index is 4.74. The smallest absolute Gasteiger partial charge is 0.191 e. The number of aliphatic imine (C=N–C) groups is 1. The van der Waals surface area contributed by atoms with Crippen LogP contribution in [0.5, 0.6) is 0 Å². The van der Waals surface area contributed by atoms with E-state index in [-0.39, 0.29) is 24.0 Å². The summed E-state index contributed by atoms with van der Waals surface area (Å²) in [6.07, 6.45) is 6.73. The summed E-state index contributed by atoms with van der Waals surface area (Å²) in [5.74, 6) is 2.56. The largest absolute Gasteiger partial charge is 0.357 e. The number of guanidine groups is 1. The Labute approximate surface area is 164 Å². The highest BCUT2D eigenvalue weighted by Crippen LogP contribution is 2.28. The van der Waals surface area contributed by atoms with Crippen LogP contribution in [0, 0.1) is 18.8 Å². The lowest BCUT2D eigenvalue weighted by atomic mass is 9.80. The lowest BCUT2D eigenvalue weighted by molar-refractivity contribution is 0.255. The van der Waals surface area contributed by atoms with Gasteiger partial charge in [-0.05, 0) is 63.0 Å². The van der Waals surface area contributed by atoms with E-state index in [0.717, 1.165) is 43.0 Å². The molecule has 1 aliphatic rings. The molecule has 0 aromatic carbocycles. The molecule has 4 nitrogen and oxygen atoms in total. The molecule has 0 amide bonds. The fourth-order valence-electron chi connectivity index (χ4n) is 3.52. The van der Waals surface area contributed by atoms with Crippen LogP contribution in [0.2, 0.25) is 0 Å². The Morgan fingerprint density at radius 2 is 1.92 bits per heavy atom. The summed E-state index contributed by atoms with van der Waals surface area (Å²) in [7, 11) is 0. The zero-order chi connectivity index (χ0) is 16.7. The maximum absolute atomic E-state index is 4.74. The second-order valence-electron chi connectivity index (χ2n) is 7.08. The Morgan fingerprint density at radius 3 is 2.50 bits per heavy atom. The molecule has 1 aromatic rings. The summed E-state index contributed by atoms with van der Waals surface area (Å²) in [6, 6.07) is 4.75. The van der Waals surface area contributed by atoms with Crippen molar-refractivity contribution in [2.75, 3.05) is 13.1 Å². The van der Waals surface area contributed by atoms with E-state index in [9.17, 15) is 0 Å². The zero-order valence-corrected chi connectivity index (χ0v) is 17.8. The van der Waals surface area contributed by atoms with Crippen molar-refractivity contribution in [1.29, 1.82) is 0 Å². The minimum atomic E-state index is 0. The third-order valence-electron chi connectivity index (χ3n) is 4.51. The summed E-state index contributed by atoms with van der Waals surface area (Å²) >= 11 is 0. The van der Waals surface area contributed by atoms with Crippen molar-refractivity contribution >= 4 is 29.9 Å². The van der Waals surface area contributed by atoms with Crippen LogP contribution in [-0.4, -0.2) is 30.1 Å². The van der Waals surface area contributed by atoms with E-state index in [2.05, 4.69) is 48.5 Å². The van der Waals surface area contributed by atoms with E-state index in [4.69, 9.17) is 4.99 Å². The maximum Gasteiger partial charge on any atom is 0.191 e. The normalized spacial score (nSPS) is 24.2. The fraction of sp³-hybridized carbons (Fsp3) is 0.684. The molecule has 1 fully saturated rings. The summed E-state index contributed by atoms with van der Waals surface area (Å²) in [5.41, 5.74) is 2.31. The topological polar surface area (TPSA) is 49.3 Å². The van der Waals surface area contributed by atoms with Gasteiger partial charge < -0.3 is 10.6 Å². The van der Waals surface area contributed by atoms with Gasteiger partial charge in [0, 0.05) is 31.0 Å². The van der Waals surface area contributed by atoms with E-state index >= 15 is 0 Å². The van der Waals surface area contributed by atoms with Crippen LogP contribution in [-0.2, 0) is 6.42 Å². The van der Waals surface area contributed by atoms with Gasteiger partial charge in [-0.2, -0.15) is 0 Å². The Balaban J connectivity index is 0.00000288. The molecule has 0 bridgehead atoms. The number of pyridine rings is 1. The third kappa shape index (κ3) is 7.36. The first-order valence-corrected chi connectivity index (χ1v) is 9.03. The Bertz CT molecular complexity index is 491. The van der Waals surface area contributed by atoms with Crippen LogP contribution in [0.4, 0.5) is 0 Å². The van der Waals surface area contributed by atoms with Crippen molar-refractivity contribution in [3.8, 4) is 0 Å². The zero-order valence-electron chi connectivity index (χ0n) is 15.5. The molecule has 2 rings (SSSR count). The van der Waals surface area contributed by atoms with Gasteiger partial charge in [0.25, 0.3) is 0 Å². The third-order valence-corrected chi connectivity index (χ3v) is 4.51. The lowest BCUT2D eigenvalue weighted by Gasteiger charge is -2.32. The molecule has 5 heteroatoms. The number of rotatable bonds is 5. The van der Waals surface area contributed by atoms with Crippen LogP contribution in [0.25, 0.3) is 0 Å². The number of halogens is 1. The van der Waals surface area contributed by atoms with Gasteiger partial charge in [0.1, 0.15) is 0 Å². The average Bonchev–Trinajstić information content (AvgIpc) is 2.48. The molecule has 2 unspecified atom stereocenters. The van der Waals surface area contributed by atoms with Gasteiger partial charge in [-0.25, -0.2) is 0 Å². The number of hydrogen-bond donors (Lipinski definition) is 2. The fourth-order valence-corrected chi connectivity index (χ4v) is 3.52. The van der Waals surface area contributed by atoms with Crippen LogP contribution in [0.1, 0.15) is 51.3 Å². The number of hydrogen-bond acceptors (Lipinski definition) is 2. The van der Waals surface area contributed by atoms with E-state index in [1.165, 1.54) is 24.8 Å². The quantitative estimate of drug-likeness (QED) is 0.411. The van der Waals surface area contributed by atoms with Gasteiger partial charge in [0.15, 0.2) is 5.96 Å². The standard InChI is InChI=1S/C19H32N4.HI/c1-5-20-19(23-18-11-14(2)10-15(3)12-18)21-9-8-17-7-6-16(4)22-13-17;/h6-7,13-15,18H,5,8-12H2,1-4H3,(H2,20,21,23);1H. The molecule has 24 heavy (non-hydrogen) atoms. The van der Waals surface area contributed by atoms with Crippen LogP contribution >= 0.6 is 24.0 Å². The second kappa shape index (κ2) is 10.9. The predicted octanol–water partition coefficient (Wildman–Crippen LogP) is 3.93. The summed E-state index contributed by atoms with van der Waals surface area (Å²) in [5, 5.41) is 7.01. The highest BCUT2D eigenvalue weighted by Gasteiger charge is 2.24. The lowest BCUT2D eigenvalue weighted by Crippen LogP contribution is -2.46. The molecule has 1 saturated carbocycles. The predicted molar refractivity (Wildman–Crippen MR) is 113 cm³/mol. The molecule has 0 radical (unpaired) electrons. The van der Waals surface area contributed by atoms with Gasteiger partial charge in [-0.15, -0.1) is 24.0 Å². The van der Waals surface area contributed by atoms with Crippen LogP contribution in [0.15, 0.2) is 23.3 Å². The SMILES string of the molecule is CCNC(=NCCc1ccc(C)nc1)NC1CC(C)CC(C)C1.I. The van der Waals surface area contributed by atoms with Crippen LogP contribution in [0.3, 0.4) is 0 Å². The summed E-state index contributed by atoms with van der Waals surface area (Å²) in [6.45, 7) is 10.5.